The molecule has 2 aliphatic rings. The van der Waals surface area contributed by atoms with Gasteiger partial charge in [0, 0.05) is 12.1 Å². The molecule has 0 N–H and O–H groups in total. The fourth-order valence-electron chi connectivity index (χ4n) is 4.54. The number of carbonyl (C=O) groups excluding carboxylic acids is 1. The van der Waals surface area contributed by atoms with Crippen molar-refractivity contribution in [2.75, 3.05) is 14.2 Å². The number of hydrogen-bond acceptors (Lipinski definition) is 3. The first-order chi connectivity index (χ1) is 12.3. The van der Waals surface area contributed by atoms with E-state index in [1.165, 1.54) is 38.5 Å². The number of nitrogens with zero attached hydrogens (tertiary/aromatic N) is 1. The van der Waals surface area contributed by atoms with Crippen LogP contribution in [0.2, 0.25) is 0 Å². The van der Waals surface area contributed by atoms with Gasteiger partial charge in [-0.1, -0.05) is 44.6 Å². The SMILES string of the molecule is COc1cccc(OC)c1C(=O)N(C1CCCCC1)C1CCCCC1. The lowest BCUT2D eigenvalue weighted by molar-refractivity contribution is 0.0442. The monoisotopic (exact) mass is 345 g/mol. The first-order valence-electron chi connectivity index (χ1n) is 9.80. The Bertz CT molecular complexity index is 534. The van der Waals surface area contributed by atoms with E-state index in [0.717, 1.165) is 25.7 Å². The Morgan fingerprint density at radius 1 is 0.840 bits per heavy atom. The van der Waals surface area contributed by atoms with Crippen LogP contribution >= 0.6 is 0 Å². The maximum atomic E-state index is 13.7. The van der Waals surface area contributed by atoms with Gasteiger partial charge in [0.05, 0.1) is 14.2 Å². The Balaban J connectivity index is 1.96. The second-order valence-electron chi connectivity index (χ2n) is 7.33. The maximum Gasteiger partial charge on any atom is 0.261 e. The van der Waals surface area contributed by atoms with Crippen LogP contribution in [0.4, 0.5) is 0 Å². The summed E-state index contributed by atoms with van der Waals surface area (Å²) in [6.45, 7) is 0. The van der Waals surface area contributed by atoms with Gasteiger partial charge in [-0.25, -0.2) is 0 Å². The van der Waals surface area contributed by atoms with Crippen LogP contribution in [0.5, 0.6) is 11.5 Å². The summed E-state index contributed by atoms with van der Waals surface area (Å²) >= 11 is 0. The molecule has 0 radical (unpaired) electrons. The molecule has 0 atom stereocenters. The van der Waals surface area contributed by atoms with Crippen molar-refractivity contribution in [2.24, 2.45) is 0 Å². The fourth-order valence-corrected chi connectivity index (χ4v) is 4.54. The van der Waals surface area contributed by atoms with Crippen molar-refractivity contribution >= 4 is 5.91 Å². The van der Waals surface area contributed by atoms with Gasteiger partial charge >= 0.3 is 0 Å². The van der Waals surface area contributed by atoms with Gasteiger partial charge in [0.1, 0.15) is 17.1 Å². The topological polar surface area (TPSA) is 38.8 Å². The summed E-state index contributed by atoms with van der Waals surface area (Å²) in [4.78, 5) is 15.9. The minimum Gasteiger partial charge on any atom is -0.496 e. The minimum absolute atomic E-state index is 0.0908. The van der Waals surface area contributed by atoms with Crippen molar-refractivity contribution in [1.82, 2.24) is 4.90 Å². The molecule has 0 heterocycles. The summed E-state index contributed by atoms with van der Waals surface area (Å²) in [5.74, 6) is 1.31. The maximum absolute atomic E-state index is 13.7. The lowest BCUT2D eigenvalue weighted by Gasteiger charge is -2.42. The van der Waals surface area contributed by atoms with Crippen molar-refractivity contribution in [3.63, 3.8) is 0 Å². The van der Waals surface area contributed by atoms with Gasteiger partial charge in [0.25, 0.3) is 5.91 Å². The van der Waals surface area contributed by atoms with E-state index >= 15 is 0 Å². The summed E-state index contributed by atoms with van der Waals surface area (Å²) in [7, 11) is 3.24. The third-order valence-electron chi connectivity index (χ3n) is 5.81. The quantitative estimate of drug-likeness (QED) is 0.768. The molecular formula is C21H31NO3. The lowest BCUT2D eigenvalue weighted by Crippen LogP contribution is -2.49. The average Bonchev–Trinajstić information content (AvgIpc) is 2.69. The van der Waals surface area contributed by atoms with E-state index < -0.39 is 0 Å². The summed E-state index contributed by atoms with van der Waals surface area (Å²) in [6, 6.07) is 6.31. The molecule has 0 unspecified atom stereocenters. The zero-order valence-electron chi connectivity index (χ0n) is 15.6. The molecule has 1 aromatic rings. The second-order valence-corrected chi connectivity index (χ2v) is 7.33. The normalized spacial score (nSPS) is 19.4. The fraction of sp³-hybridized carbons (Fsp3) is 0.667. The van der Waals surface area contributed by atoms with E-state index in [2.05, 4.69) is 4.90 Å². The van der Waals surface area contributed by atoms with Crippen molar-refractivity contribution < 1.29 is 14.3 Å². The van der Waals surface area contributed by atoms with E-state index in [4.69, 9.17) is 9.47 Å². The van der Waals surface area contributed by atoms with E-state index in [9.17, 15) is 4.79 Å². The molecular weight excluding hydrogens is 314 g/mol. The first kappa shape index (κ1) is 18.1. The van der Waals surface area contributed by atoms with Gasteiger partial charge in [0.2, 0.25) is 0 Å². The number of benzene rings is 1. The summed E-state index contributed by atoms with van der Waals surface area (Å²) in [5, 5.41) is 0. The van der Waals surface area contributed by atoms with Gasteiger partial charge < -0.3 is 14.4 Å². The van der Waals surface area contributed by atoms with E-state index in [1.807, 2.05) is 18.2 Å². The molecule has 2 saturated carbocycles. The van der Waals surface area contributed by atoms with Gasteiger partial charge in [0.15, 0.2) is 0 Å². The Kier molecular flexibility index (Phi) is 6.22. The Morgan fingerprint density at radius 2 is 1.28 bits per heavy atom. The molecule has 4 heteroatoms. The van der Waals surface area contributed by atoms with Crippen molar-refractivity contribution in [1.29, 1.82) is 0 Å². The van der Waals surface area contributed by atoms with Crippen molar-refractivity contribution in [2.45, 2.75) is 76.3 Å². The van der Waals surface area contributed by atoms with Crippen LogP contribution in [0, 0.1) is 0 Å². The molecule has 2 aliphatic carbocycles. The molecule has 0 aliphatic heterocycles. The van der Waals surface area contributed by atoms with Crippen LogP contribution in [0.15, 0.2) is 18.2 Å². The third-order valence-corrected chi connectivity index (χ3v) is 5.81. The van der Waals surface area contributed by atoms with Crippen molar-refractivity contribution in [3.8, 4) is 11.5 Å². The van der Waals surface area contributed by atoms with Gasteiger partial charge in [-0.2, -0.15) is 0 Å². The lowest BCUT2D eigenvalue weighted by atomic mass is 9.88. The molecule has 0 saturated heterocycles. The Morgan fingerprint density at radius 3 is 1.68 bits per heavy atom. The number of methoxy groups -OCH3 is 2. The van der Waals surface area contributed by atoms with Gasteiger partial charge in [-0.05, 0) is 37.8 Å². The molecule has 2 fully saturated rings. The molecule has 138 valence electrons. The molecule has 1 aromatic carbocycles. The average molecular weight is 345 g/mol. The molecule has 25 heavy (non-hydrogen) atoms. The molecule has 3 rings (SSSR count). The van der Waals surface area contributed by atoms with Gasteiger partial charge in [-0.15, -0.1) is 0 Å². The van der Waals surface area contributed by atoms with E-state index in [1.54, 1.807) is 14.2 Å². The number of amides is 1. The highest BCUT2D eigenvalue weighted by atomic mass is 16.5. The third kappa shape index (κ3) is 3.94. The molecule has 0 spiro atoms. The standard InChI is InChI=1S/C21H31NO3/c1-24-18-14-9-15-19(25-2)20(18)21(23)22(16-10-5-3-6-11-16)17-12-7-4-8-13-17/h9,14-17H,3-8,10-13H2,1-2H3. The van der Waals surface area contributed by atoms with Crippen LogP contribution in [-0.2, 0) is 0 Å². The van der Waals surface area contributed by atoms with Crippen LogP contribution in [0.1, 0.15) is 74.6 Å². The number of ether oxygens (including phenoxy) is 2. The van der Waals surface area contributed by atoms with Crippen LogP contribution in [0.25, 0.3) is 0 Å². The first-order valence-corrected chi connectivity index (χ1v) is 9.80. The minimum atomic E-state index is 0.0908. The Hall–Kier alpha value is -1.71. The highest BCUT2D eigenvalue weighted by molar-refractivity contribution is 6.00. The summed E-state index contributed by atoms with van der Waals surface area (Å²) < 4.78 is 11.0. The van der Waals surface area contributed by atoms with E-state index in [0.29, 0.717) is 29.1 Å². The van der Waals surface area contributed by atoms with Crippen LogP contribution in [-0.4, -0.2) is 37.1 Å². The predicted molar refractivity (Wildman–Crippen MR) is 99.5 cm³/mol. The largest absolute Gasteiger partial charge is 0.496 e. The highest BCUT2D eigenvalue weighted by Gasteiger charge is 2.35. The zero-order chi connectivity index (χ0) is 17.6. The van der Waals surface area contributed by atoms with E-state index in [-0.39, 0.29) is 5.91 Å². The Labute approximate surface area is 151 Å². The smallest absolute Gasteiger partial charge is 0.261 e. The highest BCUT2D eigenvalue weighted by Crippen LogP contribution is 2.36. The van der Waals surface area contributed by atoms with Crippen LogP contribution < -0.4 is 9.47 Å². The summed E-state index contributed by atoms with van der Waals surface area (Å²) in [6.07, 6.45) is 12.0. The summed E-state index contributed by atoms with van der Waals surface area (Å²) in [5.41, 5.74) is 0.587. The van der Waals surface area contributed by atoms with Crippen molar-refractivity contribution in [3.05, 3.63) is 23.8 Å². The van der Waals surface area contributed by atoms with Gasteiger partial charge in [-0.3, -0.25) is 4.79 Å². The zero-order valence-corrected chi connectivity index (χ0v) is 15.6. The number of carbonyl (C=O) groups is 1. The molecule has 0 bridgehead atoms. The predicted octanol–water partition coefficient (Wildman–Crippen LogP) is 4.81. The second kappa shape index (κ2) is 8.59. The molecule has 1 amide bonds. The molecule has 0 aromatic heterocycles. The molecule has 4 nitrogen and oxygen atoms in total. The number of hydrogen-bond donors (Lipinski definition) is 0. The number of rotatable bonds is 5. The van der Waals surface area contributed by atoms with Crippen LogP contribution in [0.3, 0.4) is 0 Å².